The fourth-order valence-corrected chi connectivity index (χ4v) is 1.53. The molecule has 0 heterocycles. The van der Waals surface area contributed by atoms with Crippen LogP contribution in [0, 0.1) is 15.9 Å². The third-order valence-corrected chi connectivity index (χ3v) is 2.48. The highest BCUT2D eigenvalue weighted by Crippen LogP contribution is 2.28. The molecule has 0 aliphatic rings. The van der Waals surface area contributed by atoms with E-state index in [1.807, 2.05) is 0 Å². The number of ether oxygens (including phenoxy) is 1. The predicted molar refractivity (Wildman–Crippen MR) is 71.1 cm³/mol. The predicted octanol–water partition coefficient (Wildman–Crippen LogP) is 3.41. The molecule has 0 saturated carbocycles. The van der Waals surface area contributed by atoms with Crippen molar-refractivity contribution in [2.45, 2.75) is 32.9 Å². The first-order chi connectivity index (χ1) is 9.10. The molecule has 8 heteroatoms. The monoisotopic (exact) mass is 304 g/mol. The third kappa shape index (κ3) is 4.65. The second-order valence-corrected chi connectivity index (χ2v) is 5.40. The van der Waals surface area contributed by atoms with Crippen LogP contribution >= 0.6 is 11.6 Å². The summed E-state index contributed by atoms with van der Waals surface area (Å²) >= 11 is 5.48. The molecule has 0 spiro atoms. The zero-order chi connectivity index (χ0) is 15.5. The van der Waals surface area contributed by atoms with Crippen LogP contribution < -0.4 is 5.32 Å². The molecule has 0 fully saturated rings. The fourth-order valence-electron chi connectivity index (χ4n) is 1.35. The maximum atomic E-state index is 13.4. The zero-order valence-electron chi connectivity index (χ0n) is 11.2. The molecule has 1 aromatic rings. The number of hydrogen-bond acceptors (Lipinski definition) is 4. The van der Waals surface area contributed by atoms with Crippen molar-refractivity contribution >= 4 is 23.4 Å². The molecule has 0 unspecified atom stereocenters. The Bertz CT molecular complexity index is 543. The van der Waals surface area contributed by atoms with Gasteiger partial charge in [-0.05, 0) is 32.4 Å². The molecular formula is C12H14ClFN2O4. The average molecular weight is 305 g/mol. The van der Waals surface area contributed by atoms with Crippen molar-refractivity contribution in [1.82, 2.24) is 5.32 Å². The second kappa shape index (κ2) is 6.04. The number of hydrogen-bond donors (Lipinski definition) is 1. The minimum absolute atomic E-state index is 0.107. The van der Waals surface area contributed by atoms with E-state index in [9.17, 15) is 19.3 Å². The lowest BCUT2D eigenvalue weighted by Crippen LogP contribution is -2.32. The number of benzene rings is 1. The molecule has 0 aliphatic carbocycles. The summed E-state index contributed by atoms with van der Waals surface area (Å²) in [6.07, 6.45) is -0.699. The van der Waals surface area contributed by atoms with Crippen LogP contribution in [0.2, 0.25) is 5.02 Å². The number of nitrogens with zero attached hydrogens (tertiary/aromatic N) is 1. The number of alkyl carbamates (subject to hydrolysis) is 1. The summed E-state index contributed by atoms with van der Waals surface area (Å²) in [5, 5.41) is 12.5. The van der Waals surface area contributed by atoms with Gasteiger partial charge in [-0.3, -0.25) is 10.1 Å². The van der Waals surface area contributed by atoms with Crippen molar-refractivity contribution in [2.75, 3.05) is 0 Å². The largest absolute Gasteiger partial charge is 0.444 e. The summed E-state index contributed by atoms with van der Waals surface area (Å²) in [7, 11) is 0. The van der Waals surface area contributed by atoms with E-state index in [-0.39, 0.29) is 12.1 Å². The summed E-state index contributed by atoms with van der Waals surface area (Å²) in [5.41, 5.74) is -1.00. The first-order valence-corrected chi connectivity index (χ1v) is 6.07. The smallest absolute Gasteiger partial charge is 0.407 e. The van der Waals surface area contributed by atoms with Crippen LogP contribution in [0.5, 0.6) is 0 Å². The Morgan fingerprint density at radius 1 is 1.50 bits per heavy atom. The minimum atomic E-state index is -0.915. The Labute approximate surface area is 120 Å². The Hall–Kier alpha value is -1.89. The lowest BCUT2D eigenvalue weighted by Gasteiger charge is -2.19. The molecule has 0 atom stereocenters. The van der Waals surface area contributed by atoms with Gasteiger partial charge in [0.2, 0.25) is 0 Å². The summed E-state index contributed by atoms with van der Waals surface area (Å²) in [4.78, 5) is 21.3. The molecule has 1 rings (SSSR count). The molecule has 20 heavy (non-hydrogen) atoms. The average Bonchev–Trinajstić information content (AvgIpc) is 2.27. The molecule has 1 N–H and O–H groups in total. The topological polar surface area (TPSA) is 81.5 Å². The highest BCUT2D eigenvalue weighted by atomic mass is 35.5. The summed E-state index contributed by atoms with van der Waals surface area (Å²) in [5.74, 6) is -0.915. The Balaban J connectivity index is 2.79. The van der Waals surface area contributed by atoms with Crippen LogP contribution in [-0.4, -0.2) is 16.6 Å². The van der Waals surface area contributed by atoms with Crippen molar-refractivity contribution in [3.8, 4) is 0 Å². The van der Waals surface area contributed by atoms with Crippen molar-refractivity contribution in [3.05, 3.63) is 38.7 Å². The van der Waals surface area contributed by atoms with Crippen LogP contribution in [0.4, 0.5) is 14.9 Å². The molecule has 1 aromatic carbocycles. The van der Waals surface area contributed by atoms with Crippen LogP contribution in [-0.2, 0) is 11.3 Å². The second-order valence-electron chi connectivity index (χ2n) is 5.02. The molecule has 0 saturated heterocycles. The van der Waals surface area contributed by atoms with Gasteiger partial charge in [-0.1, -0.05) is 11.6 Å². The molecule has 110 valence electrons. The van der Waals surface area contributed by atoms with Crippen molar-refractivity contribution in [3.63, 3.8) is 0 Å². The molecule has 0 bridgehead atoms. The van der Waals surface area contributed by atoms with Crippen molar-refractivity contribution in [2.24, 2.45) is 0 Å². The van der Waals surface area contributed by atoms with Gasteiger partial charge in [0, 0.05) is 12.6 Å². The summed E-state index contributed by atoms with van der Waals surface area (Å²) in [6.45, 7) is 4.97. The van der Waals surface area contributed by atoms with Crippen LogP contribution in [0.1, 0.15) is 26.3 Å². The molecule has 1 amide bonds. The van der Waals surface area contributed by atoms with Gasteiger partial charge in [0.15, 0.2) is 5.02 Å². The summed E-state index contributed by atoms with van der Waals surface area (Å²) < 4.78 is 18.4. The maximum absolute atomic E-state index is 13.4. The Morgan fingerprint density at radius 3 is 2.60 bits per heavy atom. The molecule has 0 aliphatic heterocycles. The molecule has 6 nitrogen and oxygen atoms in total. The number of carbonyl (C=O) groups is 1. The van der Waals surface area contributed by atoms with E-state index in [1.54, 1.807) is 20.8 Å². The van der Waals surface area contributed by atoms with Crippen LogP contribution in [0.3, 0.4) is 0 Å². The number of nitro benzene ring substituents is 1. The van der Waals surface area contributed by atoms with E-state index in [4.69, 9.17) is 16.3 Å². The summed E-state index contributed by atoms with van der Waals surface area (Å²) in [6, 6.07) is 2.12. The normalized spacial score (nSPS) is 11.1. The van der Waals surface area contributed by atoms with E-state index in [2.05, 4.69) is 5.32 Å². The third-order valence-electron chi connectivity index (χ3n) is 2.10. The van der Waals surface area contributed by atoms with Gasteiger partial charge in [0.05, 0.1) is 4.92 Å². The Morgan fingerprint density at radius 2 is 2.10 bits per heavy atom. The van der Waals surface area contributed by atoms with Gasteiger partial charge in [0.1, 0.15) is 11.4 Å². The van der Waals surface area contributed by atoms with E-state index in [0.29, 0.717) is 0 Å². The van der Waals surface area contributed by atoms with E-state index >= 15 is 0 Å². The first kappa shape index (κ1) is 16.2. The van der Waals surface area contributed by atoms with E-state index < -0.39 is 33.1 Å². The lowest BCUT2D eigenvalue weighted by atomic mass is 10.2. The highest BCUT2D eigenvalue weighted by Gasteiger charge is 2.19. The van der Waals surface area contributed by atoms with Crippen LogP contribution in [0.25, 0.3) is 0 Å². The molecule has 0 aromatic heterocycles. The fraction of sp³-hybridized carbons (Fsp3) is 0.417. The zero-order valence-corrected chi connectivity index (χ0v) is 12.0. The maximum Gasteiger partial charge on any atom is 0.407 e. The van der Waals surface area contributed by atoms with Crippen LogP contribution in [0.15, 0.2) is 12.1 Å². The number of carbonyl (C=O) groups excluding carboxylic acids is 1. The lowest BCUT2D eigenvalue weighted by molar-refractivity contribution is -0.384. The molecule has 0 radical (unpaired) electrons. The number of nitro groups is 1. The number of rotatable bonds is 3. The van der Waals surface area contributed by atoms with Crippen molar-refractivity contribution < 1.29 is 18.8 Å². The van der Waals surface area contributed by atoms with E-state index in [0.717, 1.165) is 12.1 Å². The number of halogens is 2. The van der Waals surface area contributed by atoms with Gasteiger partial charge in [-0.2, -0.15) is 0 Å². The van der Waals surface area contributed by atoms with Gasteiger partial charge >= 0.3 is 6.09 Å². The van der Waals surface area contributed by atoms with Gasteiger partial charge in [-0.25, -0.2) is 9.18 Å². The SMILES string of the molecule is CC(C)(C)OC(=O)NCc1cc(F)c(Cl)c([N+](=O)[O-])c1. The minimum Gasteiger partial charge on any atom is -0.444 e. The highest BCUT2D eigenvalue weighted by molar-refractivity contribution is 6.32. The molecular weight excluding hydrogens is 291 g/mol. The van der Waals surface area contributed by atoms with Crippen molar-refractivity contribution in [1.29, 1.82) is 0 Å². The van der Waals surface area contributed by atoms with Gasteiger partial charge in [-0.15, -0.1) is 0 Å². The quantitative estimate of drug-likeness (QED) is 0.685. The Kier molecular flexibility index (Phi) is 4.88. The standard InChI is InChI=1S/C12H14ClFN2O4/c1-12(2,3)20-11(17)15-6-7-4-8(14)10(13)9(5-7)16(18)19/h4-5H,6H2,1-3H3,(H,15,17). The number of amides is 1. The van der Waals surface area contributed by atoms with Gasteiger partial charge in [0.25, 0.3) is 5.69 Å². The first-order valence-electron chi connectivity index (χ1n) is 5.69. The number of nitrogens with one attached hydrogen (secondary N) is 1. The van der Waals surface area contributed by atoms with E-state index in [1.165, 1.54) is 0 Å². The van der Waals surface area contributed by atoms with Gasteiger partial charge < -0.3 is 10.1 Å².